The Hall–Kier alpha value is -1.32. The van der Waals surface area contributed by atoms with Gasteiger partial charge in [-0.3, -0.25) is 0 Å². The van der Waals surface area contributed by atoms with Crippen LogP contribution in [0.1, 0.15) is 79.1 Å². The van der Waals surface area contributed by atoms with Gasteiger partial charge < -0.3 is 9.63 Å². The molecular formula is C15H19NO3. The van der Waals surface area contributed by atoms with Crippen molar-refractivity contribution in [2.45, 2.75) is 62.7 Å². The molecule has 0 amide bonds. The van der Waals surface area contributed by atoms with Gasteiger partial charge in [0.2, 0.25) is 0 Å². The van der Waals surface area contributed by atoms with Crippen molar-refractivity contribution in [2.75, 3.05) is 0 Å². The molecule has 19 heavy (non-hydrogen) atoms. The summed E-state index contributed by atoms with van der Waals surface area (Å²) in [6, 6.07) is 0. The van der Waals surface area contributed by atoms with E-state index in [1.54, 1.807) is 0 Å². The monoisotopic (exact) mass is 261 g/mol. The van der Waals surface area contributed by atoms with E-state index in [0.717, 1.165) is 43.7 Å². The average Bonchev–Trinajstić information content (AvgIpc) is 3.18. The van der Waals surface area contributed by atoms with Gasteiger partial charge in [0, 0.05) is 11.3 Å². The Kier molecular flexibility index (Phi) is 2.32. The lowest BCUT2D eigenvalue weighted by Crippen LogP contribution is -2.39. The lowest BCUT2D eigenvalue weighted by Gasteiger charge is -2.45. The van der Waals surface area contributed by atoms with Gasteiger partial charge in [-0.1, -0.05) is 5.16 Å². The summed E-state index contributed by atoms with van der Waals surface area (Å²) in [5.41, 5.74) is 1.17. The molecule has 0 atom stereocenters. The van der Waals surface area contributed by atoms with Crippen LogP contribution < -0.4 is 0 Å². The third-order valence-corrected chi connectivity index (χ3v) is 5.48. The second-order valence-corrected chi connectivity index (χ2v) is 6.61. The predicted molar refractivity (Wildman–Crippen MR) is 68.3 cm³/mol. The van der Waals surface area contributed by atoms with Crippen molar-refractivity contribution < 1.29 is 14.4 Å². The van der Waals surface area contributed by atoms with Gasteiger partial charge in [0.25, 0.3) is 0 Å². The number of carbonyl (C=O) groups is 1. The second kappa shape index (κ2) is 3.84. The van der Waals surface area contributed by atoms with Crippen molar-refractivity contribution in [2.24, 2.45) is 5.92 Å². The van der Waals surface area contributed by atoms with Gasteiger partial charge in [-0.2, -0.15) is 0 Å². The minimum Gasteiger partial charge on any atom is -0.477 e. The number of carboxylic acids is 1. The fourth-order valence-corrected chi connectivity index (χ4v) is 4.10. The molecule has 1 heterocycles. The van der Waals surface area contributed by atoms with Crippen molar-refractivity contribution in [3.05, 3.63) is 17.0 Å². The molecule has 4 aliphatic rings. The van der Waals surface area contributed by atoms with Crippen LogP contribution in [0.3, 0.4) is 0 Å². The number of carboxylic acid groups (broad SMARTS) is 1. The molecule has 1 aromatic rings. The molecule has 1 N–H and O–H groups in total. The average molecular weight is 261 g/mol. The van der Waals surface area contributed by atoms with E-state index in [9.17, 15) is 9.90 Å². The molecule has 0 saturated heterocycles. The van der Waals surface area contributed by atoms with Crippen LogP contribution in [-0.2, 0) is 5.41 Å². The quantitative estimate of drug-likeness (QED) is 0.904. The molecule has 0 unspecified atom stereocenters. The maximum Gasteiger partial charge on any atom is 0.341 e. The molecule has 4 saturated carbocycles. The van der Waals surface area contributed by atoms with E-state index in [0.29, 0.717) is 17.2 Å². The van der Waals surface area contributed by atoms with Gasteiger partial charge in [0.05, 0.1) is 0 Å². The highest BCUT2D eigenvalue weighted by molar-refractivity contribution is 5.90. The molecule has 102 valence electrons. The normalized spacial score (nSPS) is 33.6. The van der Waals surface area contributed by atoms with E-state index in [-0.39, 0.29) is 5.41 Å². The van der Waals surface area contributed by atoms with Crippen molar-refractivity contribution in [3.8, 4) is 0 Å². The van der Waals surface area contributed by atoms with Gasteiger partial charge in [0.15, 0.2) is 5.76 Å². The lowest BCUT2D eigenvalue weighted by atomic mass is 9.59. The van der Waals surface area contributed by atoms with Gasteiger partial charge in [-0.15, -0.1) is 0 Å². The molecule has 4 fully saturated rings. The first-order chi connectivity index (χ1) is 9.20. The van der Waals surface area contributed by atoms with Crippen molar-refractivity contribution >= 4 is 5.97 Å². The predicted octanol–water partition coefficient (Wildman–Crippen LogP) is 3.47. The maximum atomic E-state index is 11.6. The third-order valence-electron chi connectivity index (χ3n) is 5.48. The molecule has 4 heteroatoms. The van der Waals surface area contributed by atoms with Crippen molar-refractivity contribution in [1.29, 1.82) is 0 Å². The van der Waals surface area contributed by atoms with Crippen LogP contribution in [-0.4, -0.2) is 16.2 Å². The molecule has 4 aliphatic carbocycles. The fourth-order valence-electron chi connectivity index (χ4n) is 4.10. The number of fused-ring (bicyclic) bond motifs is 3. The van der Waals surface area contributed by atoms with E-state index >= 15 is 0 Å². The maximum absolute atomic E-state index is 11.6. The highest BCUT2D eigenvalue weighted by Gasteiger charge is 2.47. The molecule has 0 spiro atoms. The molecule has 5 rings (SSSR count). The van der Waals surface area contributed by atoms with E-state index in [2.05, 4.69) is 5.16 Å². The van der Waals surface area contributed by atoms with Crippen LogP contribution in [0.2, 0.25) is 0 Å². The summed E-state index contributed by atoms with van der Waals surface area (Å²) in [7, 11) is 0. The summed E-state index contributed by atoms with van der Waals surface area (Å²) in [6.07, 6.45) is 9.05. The summed E-state index contributed by atoms with van der Waals surface area (Å²) >= 11 is 0. The first kappa shape index (κ1) is 11.5. The zero-order valence-corrected chi connectivity index (χ0v) is 11.0. The Morgan fingerprint density at radius 2 is 1.79 bits per heavy atom. The Morgan fingerprint density at radius 1 is 1.16 bits per heavy atom. The summed E-state index contributed by atoms with van der Waals surface area (Å²) < 4.78 is 5.45. The number of aromatic carboxylic acids is 1. The van der Waals surface area contributed by atoms with Gasteiger partial charge in [0.1, 0.15) is 11.3 Å². The number of aromatic nitrogens is 1. The number of hydrogen-bond donors (Lipinski definition) is 1. The van der Waals surface area contributed by atoms with Crippen LogP contribution in [0, 0.1) is 5.92 Å². The second-order valence-electron chi connectivity index (χ2n) is 6.61. The standard InChI is InChI=1S/C15H19NO3/c17-14(18)11-12(10-1-2-10)19-16-13(11)15-6-3-9(4-7-15)5-8-15/h9-10H,1-8H2,(H,17,18). The smallest absolute Gasteiger partial charge is 0.341 e. The molecular weight excluding hydrogens is 242 g/mol. The Morgan fingerprint density at radius 3 is 2.32 bits per heavy atom. The SMILES string of the molecule is O=C(O)c1c(C23CCC(CC2)CC3)noc1C1CC1. The first-order valence-corrected chi connectivity index (χ1v) is 7.43. The Bertz CT molecular complexity index is 508. The van der Waals surface area contributed by atoms with E-state index in [1.807, 2.05) is 0 Å². The molecule has 0 radical (unpaired) electrons. The van der Waals surface area contributed by atoms with Crippen LogP contribution in [0.4, 0.5) is 0 Å². The summed E-state index contributed by atoms with van der Waals surface area (Å²) in [5.74, 6) is 0.971. The minimum absolute atomic E-state index is 0.000880. The largest absolute Gasteiger partial charge is 0.477 e. The summed E-state index contributed by atoms with van der Waals surface area (Å²) in [4.78, 5) is 11.6. The molecule has 1 aromatic heterocycles. The molecule has 0 aliphatic heterocycles. The van der Waals surface area contributed by atoms with Crippen molar-refractivity contribution in [3.63, 3.8) is 0 Å². The number of nitrogens with zero attached hydrogens (tertiary/aromatic N) is 1. The topological polar surface area (TPSA) is 63.3 Å². The third kappa shape index (κ3) is 1.65. The number of hydrogen-bond acceptors (Lipinski definition) is 3. The highest BCUT2D eigenvalue weighted by atomic mass is 16.5. The van der Waals surface area contributed by atoms with E-state index in [1.165, 1.54) is 19.3 Å². The molecule has 2 bridgehead atoms. The van der Waals surface area contributed by atoms with Crippen molar-refractivity contribution in [1.82, 2.24) is 5.16 Å². The van der Waals surface area contributed by atoms with E-state index < -0.39 is 5.97 Å². The summed E-state index contributed by atoms with van der Waals surface area (Å²) in [5, 5.41) is 13.8. The minimum atomic E-state index is -0.847. The van der Waals surface area contributed by atoms with E-state index in [4.69, 9.17) is 4.52 Å². The van der Waals surface area contributed by atoms with Gasteiger partial charge in [-0.25, -0.2) is 4.79 Å². The highest BCUT2D eigenvalue weighted by Crippen LogP contribution is 2.53. The van der Waals surface area contributed by atoms with Crippen LogP contribution in [0.5, 0.6) is 0 Å². The summed E-state index contributed by atoms with van der Waals surface area (Å²) in [6.45, 7) is 0. The van der Waals surface area contributed by atoms with Gasteiger partial charge >= 0.3 is 5.97 Å². The lowest BCUT2D eigenvalue weighted by molar-refractivity contribution is 0.0684. The Balaban J connectivity index is 1.79. The zero-order chi connectivity index (χ0) is 13.0. The van der Waals surface area contributed by atoms with Crippen LogP contribution in [0.25, 0.3) is 0 Å². The fraction of sp³-hybridized carbons (Fsp3) is 0.733. The molecule has 4 nitrogen and oxygen atoms in total. The number of rotatable bonds is 3. The Labute approximate surface area is 112 Å². The van der Waals surface area contributed by atoms with Crippen LogP contribution >= 0.6 is 0 Å². The van der Waals surface area contributed by atoms with Gasteiger partial charge in [-0.05, 0) is 57.3 Å². The zero-order valence-electron chi connectivity index (χ0n) is 11.0. The van der Waals surface area contributed by atoms with Crippen LogP contribution in [0.15, 0.2) is 4.52 Å². The molecule has 0 aromatic carbocycles. The first-order valence-electron chi connectivity index (χ1n) is 7.43.